The number of aliphatic hydroxyl groups excluding tert-OH is 1. The van der Waals surface area contributed by atoms with E-state index >= 15 is 0 Å². The van der Waals surface area contributed by atoms with Crippen molar-refractivity contribution in [3.05, 3.63) is 30.2 Å². The first kappa shape index (κ1) is 13.0. The molecule has 0 saturated carbocycles. The van der Waals surface area contributed by atoms with Gasteiger partial charge in [-0.25, -0.2) is 0 Å². The van der Waals surface area contributed by atoms with Crippen molar-refractivity contribution in [3.63, 3.8) is 0 Å². The lowest BCUT2D eigenvalue weighted by molar-refractivity contribution is 0.157. The van der Waals surface area contributed by atoms with Crippen molar-refractivity contribution in [2.24, 2.45) is 5.41 Å². The van der Waals surface area contributed by atoms with Crippen LogP contribution in [-0.4, -0.2) is 39.4 Å². The van der Waals surface area contributed by atoms with Crippen LogP contribution >= 0.6 is 0 Å². The monoisotopic (exact) mass is 248 g/mol. The van der Waals surface area contributed by atoms with Crippen LogP contribution in [0.2, 0.25) is 0 Å². The molecule has 0 saturated heterocycles. The maximum atomic E-state index is 9.15. The third-order valence-corrected chi connectivity index (χ3v) is 2.94. The van der Waals surface area contributed by atoms with Crippen LogP contribution in [0.4, 0.5) is 0 Å². The van der Waals surface area contributed by atoms with Gasteiger partial charge in [-0.3, -0.25) is 4.40 Å². The molecule has 18 heavy (non-hydrogen) atoms. The predicted molar refractivity (Wildman–Crippen MR) is 70.4 cm³/mol. The Hall–Kier alpha value is -1.46. The fraction of sp³-hybridized carbons (Fsp3) is 0.538. The van der Waals surface area contributed by atoms with E-state index in [-0.39, 0.29) is 12.0 Å². The highest BCUT2D eigenvalue weighted by molar-refractivity contribution is 5.36. The Labute approximate surface area is 107 Å². The number of aliphatic hydroxyl groups is 1. The van der Waals surface area contributed by atoms with Crippen LogP contribution in [-0.2, 0) is 6.42 Å². The van der Waals surface area contributed by atoms with Crippen molar-refractivity contribution >= 4 is 5.65 Å². The van der Waals surface area contributed by atoms with Gasteiger partial charge in [0.15, 0.2) is 5.65 Å². The number of rotatable bonds is 6. The highest BCUT2D eigenvalue weighted by Gasteiger charge is 2.15. The standard InChI is InChI=1S/C13H20N4O/c1-13(2,10-18)9-14-7-6-12-16-15-11-5-3-4-8-17(11)12/h3-5,8,14,18H,6-7,9-10H2,1-2H3. The van der Waals surface area contributed by atoms with E-state index in [4.69, 9.17) is 5.11 Å². The molecule has 0 amide bonds. The zero-order valence-corrected chi connectivity index (χ0v) is 10.9. The molecule has 2 N–H and O–H groups in total. The molecular formula is C13H20N4O. The molecule has 0 atom stereocenters. The van der Waals surface area contributed by atoms with Crippen molar-refractivity contribution in [1.82, 2.24) is 19.9 Å². The van der Waals surface area contributed by atoms with Crippen LogP contribution in [0.25, 0.3) is 5.65 Å². The van der Waals surface area contributed by atoms with Crippen molar-refractivity contribution in [3.8, 4) is 0 Å². The fourth-order valence-electron chi connectivity index (χ4n) is 1.74. The minimum absolute atomic E-state index is 0.0765. The molecule has 0 unspecified atom stereocenters. The SMILES string of the molecule is CC(C)(CO)CNCCc1nnc2ccccn12. The molecule has 5 heteroatoms. The smallest absolute Gasteiger partial charge is 0.160 e. The van der Waals surface area contributed by atoms with Gasteiger partial charge in [0.25, 0.3) is 0 Å². The average Bonchev–Trinajstić information content (AvgIpc) is 2.78. The molecule has 0 radical (unpaired) electrons. The third kappa shape index (κ3) is 3.05. The Morgan fingerprint density at radius 2 is 2.17 bits per heavy atom. The summed E-state index contributed by atoms with van der Waals surface area (Å²) in [7, 11) is 0. The molecule has 0 bridgehead atoms. The number of hydrogen-bond donors (Lipinski definition) is 2. The van der Waals surface area contributed by atoms with Crippen molar-refractivity contribution < 1.29 is 5.11 Å². The molecule has 0 fully saturated rings. The van der Waals surface area contributed by atoms with E-state index in [1.54, 1.807) is 0 Å². The van der Waals surface area contributed by atoms with Crippen molar-refractivity contribution in [1.29, 1.82) is 0 Å². The van der Waals surface area contributed by atoms with Crippen molar-refractivity contribution in [2.45, 2.75) is 20.3 Å². The van der Waals surface area contributed by atoms with E-state index in [2.05, 4.69) is 15.5 Å². The van der Waals surface area contributed by atoms with Gasteiger partial charge in [0.2, 0.25) is 0 Å². The summed E-state index contributed by atoms with van der Waals surface area (Å²) in [5.41, 5.74) is 0.801. The summed E-state index contributed by atoms with van der Waals surface area (Å²) in [6, 6.07) is 5.87. The van der Waals surface area contributed by atoms with E-state index in [1.165, 1.54) is 0 Å². The van der Waals surface area contributed by atoms with Crippen LogP contribution in [0, 0.1) is 5.41 Å². The average molecular weight is 248 g/mol. The quantitative estimate of drug-likeness (QED) is 0.745. The zero-order chi connectivity index (χ0) is 13.0. The Balaban J connectivity index is 1.87. The second-order valence-corrected chi connectivity index (χ2v) is 5.29. The Bertz CT molecular complexity index is 506. The normalized spacial score (nSPS) is 12.2. The Kier molecular flexibility index (Phi) is 3.93. The minimum atomic E-state index is -0.0765. The number of nitrogens with zero attached hydrogens (tertiary/aromatic N) is 3. The summed E-state index contributed by atoms with van der Waals surface area (Å²) in [4.78, 5) is 0. The minimum Gasteiger partial charge on any atom is -0.396 e. The van der Waals surface area contributed by atoms with Gasteiger partial charge in [0.1, 0.15) is 5.82 Å². The van der Waals surface area contributed by atoms with Gasteiger partial charge in [-0.2, -0.15) is 0 Å². The Morgan fingerprint density at radius 1 is 1.33 bits per heavy atom. The molecule has 0 aliphatic rings. The van der Waals surface area contributed by atoms with Gasteiger partial charge < -0.3 is 10.4 Å². The first-order chi connectivity index (χ1) is 8.62. The van der Waals surface area contributed by atoms with Crippen LogP contribution in [0.15, 0.2) is 24.4 Å². The summed E-state index contributed by atoms with van der Waals surface area (Å²) >= 11 is 0. The summed E-state index contributed by atoms with van der Waals surface area (Å²) in [6.07, 6.45) is 2.80. The van der Waals surface area contributed by atoms with E-state index in [0.717, 1.165) is 31.0 Å². The summed E-state index contributed by atoms with van der Waals surface area (Å²) < 4.78 is 2.00. The molecule has 2 rings (SSSR count). The molecule has 5 nitrogen and oxygen atoms in total. The highest BCUT2D eigenvalue weighted by Crippen LogP contribution is 2.11. The van der Waals surface area contributed by atoms with Crippen LogP contribution in [0.3, 0.4) is 0 Å². The maximum Gasteiger partial charge on any atom is 0.160 e. The fourth-order valence-corrected chi connectivity index (χ4v) is 1.74. The van der Waals surface area contributed by atoms with E-state index in [9.17, 15) is 0 Å². The molecule has 2 heterocycles. The second kappa shape index (κ2) is 5.46. The van der Waals surface area contributed by atoms with Gasteiger partial charge in [-0.15, -0.1) is 10.2 Å². The van der Waals surface area contributed by atoms with Gasteiger partial charge in [0, 0.05) is 37.7 Å². The lowest BCUT2D eigenvalue weighted by Crippen LogP contribution is -2.33. The highest BCUT2D eigenvalue weighted by atomic mass is 16.3. The second-order valence-electron chi connectivity index (χ2n) is 5.29. The van der Waals surface area contributed by atoms with Gasteiger partial charge in [-0.05, 0) is 12.1 Å². The third-order valence-electron chi connectivity index (χ3n) is 2.94. The number of fused-ring (bicyclic) bond motifs is 1. The van der Waals surface area contributed by atoms with Crippen LogP contribution in [0.1, 0.15) is 19.7 Å². The topological polar surface area (TPSA) is 62.5 Å². The number of nitrogens with one attached hydrogen (secondary N) is 1. The largest absolute Gasteiger partial charge is 0.396 e. The van der Waals surface area contributed by atoms with Gasteiger partial charge >= 0.3 is 0 Å². The first-order valence-corrected chi connectivity index (χ1v) is 6.23. The Morgan fingerprint density at radius 3 is 2.94 bits per heavy atom. The molecule has 98 valence electrons. The molecular weight excluding hydrogens is 228 g/mol. The molecule has 0 aliphatic carbocycles. The maximum absolute atomic E-state index is 9.15. The number of aromatic nitrogens is 3. The molecule has 2 aromatic rings. The van der Waals surface area contributed by atoms with Gasteiger partial charge in [0.05, 0.1) is 0 Å². The van der Waals surface area contributed by atoms with E-state index < -0.39 is 0 Å². The lowest BCUT2D eigenvalue weighted by atomic mass is 9.95. The first-order valence-electron chi connectivity index (χ1n) is 6.23. The molecule has 0 aromatic carbocycles. The predicted octanol–water partition coefficient (Wildman–Crippen LogP) is 0.880. The summed E-state index contributed by atoms with van der Waals surface area (Å²) in [5, 5.41) is 20.8. The lowest BCUT2D eigenvalue weighted by Gasteiger charge is -2.21. The zero-order valence-electron chi connectivity index (χ0n) is 10.9. The van der Waals surface area contributed by atoms with Gasteiger partial charge in [-0.1, -0.05) is 19.9 Å². The molecule has 0 aliphatic heterocycles. The summed E-state index contributed by atoms with van der Waals surface area (Å²) in [5.74, 6) is 0.958. The van der Waals surface area contributed by atoms with Crippen LogP contribution in [0.5, 0.6) is 0 Å². The molecule has 2 aromatic heterocycles. The molecule has 0 spiro atoms. The number of hydrogen-bond acceptors (Lipinski definition) is 4. The number of pyridine rings is 1. The van der Waals surface area contributed by atoms with E-state index in [0.29, 0.717) is 0 Å². The van der Waals surface area contributed by atoms with E-state index in [1.807, 2.05) is 42.6 Å². The summed E-state index contributed by atoms with van der Waals surface area (Å²) in [6.45, 7) is 5.88. The van der Waals surface area contributed by atoms with Crippen LogP contribution < -0.4 is 5.32 Å². The van der Waals surface area contributed by atoms with Crippen molar-refractivity contribution in [2.75, 3.05) is 19.7 Å².